The van der Waals surface area contributed by atoms with E-state index in [1.54, 1.807) is 0 Å². The summed E-state index contributed by atoms with van der Waals surface area (Å²) < 4.78 is 54.7. The highest BCUT2D eigenvalue weighted by Crippen LogP contribution is 2.29. The lowest BCUT2D eigenvalue weighted by Gasteiger charge is -2.12. The Balaban J connectivity index is 0.00000261. The van der Waals surface area contributed by atoms with Crippen molar-refractivity contribution in [2.24, 2.45) is 0 Å². The lowest BCUT2D eigenvalue weighted by molar-refractivity contribution is 0.0697. The third-order valence-electron chi connectivity index (χ3n) is 3.53. The summed E-state index contributed by atoms with van der Waals surface area (Å²) in [6, 6.07) is 8.08. The second-order valence-corrected chi connectivity index (χ2v) is 5.24. The third kappa shape index (κ3) is 4.05. The molecule has 0 bridgehead atoms. The van der Waals surface area contributed by atoms with E-state index in [-0.39, 0.29) is 30.1 Å². The fourth-order valence-electron chi connectivity index (χ4n) is 2.33. The van der Waals surface area contributed by atoms with Crippen LogP contribution in [0.15, 0.2) is 48.5 Å². The van der Waals surface area contributed by atoms with Gasteiger partial charge in [0.1, 0.15) is 34.8 Å². The summed E-state index contributed by atoms with van der Waals surface area (Å²) in [6.45, 7) is 0. The Kier molecular flexibility index (Phi) is 5.79. The third-order valence-corrected chi connectivity index (χ3v) is 3.53. The van der Waals surface area contributed by atoms with Gasteiger partial charge in [0.15, 0.2) is 0 Å². The molecular weight excluding hydrogens is 364 g/mol. The number of hydrogen-bond acceptors (Lipinski definition) is 3. The summed E-state index contributed by atoms with van der Waals surface area (Å²) in [7, 11) is 0. The van der Waals surface area contributed by atoms with Crippen LogP contribution in [0.25, 0.3) is 11.3 Å². The summed E-state index contributed by atoms with van der Waals surface area (Å²) in [6.07, 6.45) is 0. The number of carboxylic acid groups (broad SMARTS) is 1. The zero-order valence-corrected chi connectivity index (χ0v) is 12.9. The molecule has 0 aliphatic carbocycles. The minimum absolute atomic E-state index is 0. The number of halogens is 4. The number of hydrogen-bond donors (Lipinski definition) is 2. The van der Waals surface area contributed by atoms with E-state index in [9.17, 15) is 27.5 Å². The van der Waals surface area contributed by atoms with E-state index in [0.29, 0.717) is 6.07 Å². The molecule has 1 aromatic heterocycles. The van der Waals surface area contributed by atoms with Gasteiger partial charge in [-0.15, -0.1) is 0 Å². The number of nitrogens with one attached hydrogen (secondary N) is 1. The first-order valence-corrected chi connectivity index (χ1v) is 7.27. The molecule has 27 heavy (non-hydrogen) atoms. The fraction of sp³-hybridized carbons (Fsp3) is 0.0526. The minimum atomic E-state index is -1.39. The molecular formula is C19H14F4N2O2. The van der Waals surface area contributed by atoms with E-state index in [4.69, 9.17) is 0 Å². The van der Waals surface area contributed by atoms with Crippen molar-refractivity contribution < 1.29 is 27.5 Å². The van der Waals surface area contributed by atoms with Crippen molar-refractivity contribution in [3.63, 3.8) is 0 Å². The van der Waals surface area contributed by atoms with Crippen LogP contribution in [0, 0.1) is 23.3 Å². The zero-order chi connectivity index (χ0) is 18.8. The summed E-state index contributed by atoms with van der Waals surface area (Å²) in [4.78, 5) is 15.3. The van der Waals surface area contributed by atoms with Crippen LogP contribution < -0.4 is 5.32 Å². The molecule has 0 aliphatic heterocycles. The summed E-state index contributed by atoms with van der Waals surface area (Å²) in [5.74, 6) is -5.13. The van der Waals surface area contributed by atoms with Gasteiger partial charge in [0, 0.05) is 11.6 Å². The Hall–Kier alpha value is -3.42. The van der Waals surface area contributed by atoms with Crippen LogP contribution in [-0.2, 0) is 0 Å². The number of para-hydroxylation sites is 1. The first-order chi connectivity index (χ1) is 12.4. The van der Waals surface area contributed by atoms with Crippen molar-refractivity contribution in [2.75, 3.05) is 5.32 Å². The standard InChI is InChI=1S/C18H10F4N2O2.CH4/c19-9-4-5-10(14(22)8-9)16-11(18(25)26)6-7-15(23-16)24-17-12(20)2-1-3-13(17)21;/h1-8H,(H,23,24)(H,25,26);1H4. The van der Waals surface area contributed by atoms with E-state index >= 15 is 0 Å². The Morgan fingerprint density at radius 3 is 2.19 bits per heavy atom. The van der Waals surface area contributed by atoms with Crippen LogP contribution in [0.3, 0.4) is 0 Å². The molecule has 0 amide bonds. The number of rotatable bonds is 4. The molecule has 0 radical (unpaired) electrons. The number of pyridine rings is 1. The molecule has 8 heteroatoms. The van der Waals surface area contributed by atoms with Gasteiger partial charge < -0.3 is 10.4 Å². The predicted octanol–water partition coefficient (Wildman–Crippen LogP) is 5.38. The molecule has 140 valence electrons. The van der Waals surface area contributed by atoms with Crippen molar-refractivity contribution in [2.45, 2.75) is 7.43 Å². The van der Waals surface area contributed by atoms with Gasteiger partial charge in [0.2, 0.25) is 0 Å². The van der Waals surface area contributed by atoms with Crippen LogP contribution >= 0.6 is 0 Å². The number of aromatic nitrogens is 1. The van der Waals surface area contributed by atoms with Gasteiger partial charge in [-0.1, -0.05) is 13.5 Å². The van der Waals surface area contributed by atoms with Gasteiger partial charge in [0.25, 0.3) is 0 Å². The highest BCUT2D eigenvalue weighted by atomic mass is 19.1. The summed E-state index contributed by atoms with van der Waals surface area (Å²) >= 11 is 0. The van der Waals surface area contributed by atoms with Crippen LogP contribution in [0.2, 0.25) is 0 Å². The topological polar surface area (TPSA) is 62.2 Å². The van der Waals surface area contributed by atoms with Gasteiger partial charge >= 0.3 is 5.97 Å². The van der Waals surface area contributed by atoms with Gasteiger partial charge in [-0.25, -0.2) is 27.3 Å². The quantitative estimate of drug-likeness (QED) is 0.598. The van der Waals surface area contributed by atoms with E-state index in [2.05, 4.69) is 10.3 Å². The molecule has 0 spiro atoms. The van der Waals surface area contributed by atoms with Crippen LogP contribution in [-0.4, -0.2) is 16.1 Å². The van der Waals surface area contributed by atoms with Crippen LogP contribution in [0.5, 0.6) is 0 Å². The SMILES string of the molecule is C.O=C(O)c1ccc(Nc2c(F)cccc2F)nc1-c1ccc(F)cc1F. The van der Waals surface area contributed by atoms with Gasteiger partial charge in [-0.2, -0.15) is 0 Å². The van der Waals surface area contributed by atoms with Gasteiger partial charge in [-0.05, 0) is 36.4 Å². The van der Waals surface area contributed by atoms with Crippen molar-refractivity contribution in [3.8, 4) is 11.3 Å². The smallest absolute Gasteiger partial charge is 0.337 e. The zero-order valence-electron chi connectivity index (χ0n) is 12.9. The number of aromatic carboxylic acids is 1. The first kappa shape index (κ1) is 19.9. The van der Waals surface area contributed by atoms with E-state index in [1.165, 1.54) is 12.1 Å². The molecule has 3 rings (SSSR count). The highest BCUT2D eigenvalue weighted by Gasteiger charge is 2.19. The number of anilines is 2. The largest absolute Gasteiger partial charge is 0.478 e. The molecule has 1 heterocycles. The number of benzene rings is 2. The van der Waals surface area contributed by atoms with Gasteiger partial charge in [-0.3, -0.25) is 0 Å². The van der Waals surface area contributed by atoms with Gasteiger partial charge in [0.05, 0.1) is 11.3 Å². The monoisotopic (exact) mass is 378 g/mol. The second-order valence-electron chi connectivity index (χ2n) is 5.24. The van der Waals surface area contributed by atoms with Crippen molar-refractivity contribution >= 4 is 17.5 Å². The number of nitrogens with zero attached hydrogens (tertiary/aromatic N) is 1. The molecule has 0 aliphatic rings. The lowest BCUT2D eigenvalue weighted by Crippen LogP contribution is -2.06. The molecule has 0 atom stereocenters. The molecule has 0 unspecified atom stereocenters. The molecule has 4 nitrogen and oxygen atoms in total. The molecule has 2 aromatic carbocycles. The molecule has 2 N–H and O–H groups in total. The summed E-state index contributed by atoms with van der Waals surface area (Å²) in [5, 5.41) is 11.7. The maximum Gasteiger partial charge on any atom is 0.337 e. The number of carboxylic acids is 1. The van der Waals surface area contributed by atoms with E-state index < -0.39 is 34.9 Å². The molecule has 3 aromatic rings. The Labute approximate surface area is 152 Å². The molecule has 0 saturated carbocycles. The minimum Gasteiger partial charge on any atom is -0.478 e. The highest BCUT2D eigenvalue weighted by molar-refractivity contribution is 5.95. The average molecular weight is 378 g/mol. The maximum absolute atomic E-state index is 14.1. The van der Waals surface area contributed by atoms with E-state index in [0.717, 1.165) is 30.3 Å². The Morgan fingerprint density at radius 1 is 0.926 bits per heavy atom. The second kappa shape index (κ2) is 7.86. The number of carbonyl (C=O) groups is 1. The summed E-state index contributed by atoms with van der Waals surface area (Å²) in [5.41, 5.74) is -1.41. The van der Waals surface area contributed by atoms with E-state index in [1.807, 2.05) is 0 Å². The molecule has 0 fully saturated rings. The maximum atomic E-state index is 14.1. The first-order valence-electron chi connectivity index (χ1n) is 7.27. The van der Waals surface area contributed by atoms with Crippen molar-refractivity contribution in [1.29, 1.82) is 0 Å². The average Bonchev–Trinajstić information content (AvgIpc) is 2.58. The normalized spacial score (nSPS) is 10.2. The van der Waals surface area contributed by atoms with Crippen molar-refractivity contribution in [3.05, 3.63) is 77.4 Å². The van der Waals surface area contributed by atoms with Crippen molar-refractivity contribution in [1.82, 2.24) is 4.98 Å². The molecule has 0 saturated heterocycles. The lowest BCUT2D eigenvalue weighted by atomic mass is 10.0. The van der Waals surface area contributed by atoms with Crippen LogP contribution in [0.1, 0.15) is 17.8 Å². The van der Waals surface area contributed by atoms with Crippen LogP contribution in [0.4, 0.5) is 29.1 Å². The fourth-order valence-corrected chi connectivity index (χ4v) is 2.33. The predicted molar refractivity (Wildman–Crippen MR) is 92.9 cm³/mol. The Bertz CT molecular complexity index is 989. The Morgan fingerprint density at radius 2 is 1.59 bits per heavy atom.